The number of nitrogens with zero attached hydrogens (tertiary/aromatic N) is 1. The lowest BCUT2D eigenvalue weighted by Crippen LogP contribution is -2.31. The van der Waals surface area contributed by atoms with E-state index in [0.29, 0.717) is 6.04 Å². The van der Waals surface area contributed by atoms with Gasteiger partial charge >= 0.3 is 0 Å². The summed E-state index contributed by atoms with van der Waals surface area (Å²) in [7, 11) is 0. The SMILES string of the molecule is Cc1cnc(C(C)NC2CCCOCC2)o1. The van der Waals surface area contributed by atoms with Gasteiger partial charge in [0.1, 0.15) is 5.76 Å². The van der Waals surface area contributed by atoms with Gasteiger partial charge in [-0.3, -0.25) is 0 Å². The van der Waals surface area contributed by atoms with Crippen molar-refractivity contribution in [2.75, 3.05) is 13.2 Å². The van der Waals surface area contributed by atoms with Crippen molar-refractivity contribution in [2.45, 2.75) is 45.2 Å². The number of oxazole rings is 1. The van der Waals surface area contributed by atoms with Crippen LogP contribution in [0.2, 0.25) is 0 Å². The molecule has 0 spiro atoms. The summed E-state index contributed by atoms with van der Waals surface area (Å²) >= 11 is 0. The number of nitrogens with one attached hydrogen (secondary N) is 1. The summed E-state index contributed by atoms with van der Waals surface area (Å²) in [5.74, 6) is 1.65. The average Bonchev–Trinajstić information content (AvgIpc) is 2.54. The fourth-order valence-electron chi connectivity index (χ4n) is 2.07. The molecule has 0 radical (unpaired) electrons. The van der Waals surface area contributed by atoms with E-state index in [9.17, 15) is 0 Å². The molecule has 1 fully saturated rings. The maximum absolute atomic E-state index is 5.51. The Balaban J connectivity index is 1.88. The molecule has 16 heavy (non-hydrogen) atoms. The van der Waals surface area contributed by atoms with Crippen LogP contribution in [0.3, 0.4) is 0 Å². The minimum absolute atomic E-state index is 0.178. The zero-order valence-corrected chi connectivity index (χ0v) is 10.0. The van der Waals surface area contributed by atoms with Gasteiger partial charge < -0.3 is 14.5 Å². The molecule has 0 saturated carbocycles. The van der Waals surface area contributed by atoms with E-state index in [1.54, 1.807) is 6.20 Å². The van der Waals surface area contributed by atoms with Crippen LogP contribution in [0.4, 0.5) is 0 Å². The van der Waals surface area contributed by atoms with Crippen LogP contribution < -0.4 is 5.32 Å². The van der Waals surface area contributed by atoms with Crippen LogP contribution in [0.25, 0.3) is 0 Å². The van der Waals surface area contributed by atoms with Gasteiger partial charge in [-0.2, -0.15) is 0 Å². The van der Waals surface area contributed by atoms with Crippen molar-refractivity contribution < 1.29 is 9.15 Å². The van der Waals surface area contributed by atoms with Crippen molar-refractivity contribution in [3.8, 4) is 0 Å². The molecule has 0 amide bonds. The molecule has 2 rings (SSSR count). The summed E-state index contributed by atoms with van der Waals surface area (Å²) in [6, 6.07) is 0.696. The molecule has 2 atom stereocenters. The van der Waals surface area contributed by atoms with Crippen molar-refractivity contribution >= 4 is 0 Å². The first-order valence-corrected chi connectivity index (χ1v) is 6.02. The molecule has 4 heteroatoms. The van der Waals surface area contributed by atoms with Gasteiger partial charge in [0.2, 0.25) is 5.89 Å². The van der Waals surface area contributed by atoms with Crippen LogP contribution in [0, 0.1) is 6.92 Å². The predicted octanol–water partition coefficient (Wildman–Crippen LogP) is 2.20. The molecule has 1 aromatic rings. The third-order valence-corrected chi connectivity index (χ3v) is 2.95. The van der Waals surface area contributed by atoms with Crippen molar-refractivity contribution in [1.82, 2.24) is 10.3 Å². The standard InChI is InChI=1S/C12H20N2O2/c1-9-8-13-12(16-9)10(2)14-11-4-3-6-15-7-5-11/h8,10-11,14H,3-7H2,1-2H3. The Bertz CT molecular complexity index is 317. The van der Waals surface area contributed by atoms with Crippen molar-refractivity contribution in [1.29, 1.82) is 0 Å². The third-order valence-electron chi connectivity index (χ3n) is 2.95. The molecule has 0 aliphatic carbocycles. The Morgan fingerprint density at radius 3 is 3.06 bits per heavy atom. The molecule has 1 saturated heterocycles. The van der Waals surface area contributed by atoms with Crippen LogP contribution in [0.5, 0.6) is 0 Å². The molecular weight excluding hydrogens is 204 g/mol. The molecule has 2 unspecified atom stereocenters. The van der Waals surface area contributed by atoms with E-state index in [1.807, 2.05) is 6.92 Å². The summed E-state index contributed by atoms with van der Waals surface area (Å²) in [5.41, 5.74) is 0. The second kappa shape index (κ2) is 5.46. The third kappa shape index (κ3) is 3.06. The second-order valence-corrected chi connectivity index (χ2v) is 4.44. The lowest BCUT2D eigenvalue weighted by molar-refractivity contribution is 0.142. The monoisotopic (exact) mass is 224 g/mol. The van der Waals surface area contributed by atoms with E-state index < -0.39 is 0 Å². The fraction of sp³-hybridized carbons (Fsp3) is 0.750. The summed E-state index contributed by atoms with van der Waals surface area (Å²) in [6.07, 6.45) is 5.15. The lowest BCUT2D eigenvalue weighted by Gasteiger charge is -2.19. The van der Waals surface area contributed by atoms with Crippen LogP contribution in [0.1, 0.15) is 43.9 Å². The Morgan fingerprint density at radius 2 is 2.31 bits per heavy atom. The number of aromatic nitrogens is 1. The van der Waals surface area contributed by atoms with E-state index in [0.717, 1.165) is 37.7 Å². The molecule has 0 aromatic carbocycles. The summed E-state index contributed by atoms with van der Waals surface area (Å²) < 4.78 is 11.0. The van der Waals surface area contributed by atoms with Gasteiger partial charge in [-0.05, 0) is 33.1 Å². The van der Waals surface area contributed by atoms with Crippen molar-refractivity contribution in [3.05, 3.63) is 17.8 Å². The van der Waals surface area contributed by atoms with Gasteiger partial charge in [0.15, 0.2) is 0 Å². The number of ether oxygens (including phenoxy) is 1. The van der Waals surface area contributed by atoms with E-state index in [2.05, 4.69) is 17.2 Å². The molecule has 1 N–H and O–H groups in total. The molecule has 1 aliphatic rings. The molecule has 1 aromatic heterocycles. The van der Waals surface area contributed by atoms with Gasteiger partial charge in [0, 0.05) is 19.3 Å². The topological polar surface area (TPSA) is 47.3 Å². The molecular formula is C12H20N2O2. The van der Waals surface area contributed by atoms with Crippen LogP contribution in [-0.2, 0) is 4.74 Å². The normalized spacial score (nSPS) is 24.0. The molecule has 90 valence electrons. The van der Waals surface area contributed by atoms with Gasteiger partial charge in [-0.15, -0.1) is 0 Å². The Hall–Kier alpha value is -0.870. The Labute approximate surface area is 96.4 Å². The first kappa shape index (κ1) is 11.6. The average molecular weight is 224 g/mol. The zero-order valence-electron chi connectivity index (χ0n) is 10.0. The highest BCUT2D eigenvalue weighted by atomic mass is 16.5. The first-order chi connectivity index (χ1) is 7.75. The second-order valence-electron chi connectivity index (χ2n) is 4.44. The van der Waals surface area contributed by atoms with Gasteiger partial charge in [-0.25, -0.2) is 4.98 Å². The summed E-state index contributed by atoms with van der Waals surface area (Å²) in [5, 5.41) is 3.55. The summed E-state index contributed by atoms with van der Waals surface area (Å²) in [4.78, 5) is 4.24. The molecule has 0 bridgehead atoms. The van der Waals surface area contributed by atoms with E-state index >= 15 is 0 Å². The molecule has 1 aliphatic heterocycles. The fourth-order valence-corrected chi connectivity index (χ4v) is 2.07. The first-order valence-electron chi connectivity index (χ1n) is 6.02. The zero-order chi connectivity index (χ0) is 11.4. The number of aryl methyl sites for hydroxylation is 1. The van der Waals surface area contributed by atoms with Crippen molar-refractivity contribution in [2.24, 2.45) is 0 Å². The van der Waals surface area contributed by atoms with Crippen LogP contribution >= 0.6 is 0 Å². The lowest BCUT2D eigenvalue weighted by atomic mass is 10.1. The van der Waals surface area contributed by atoms with E-state index in [-0.39, 0.29) is 6.04 Å². The van der Waals surface area contributed by atoms with Crippen molar-refractivity contribution in [3.63, 3.8) is 0 Å². The highest BCUT2D eigenvalue weighted by Gasteiger charge is 2.18. The minimum atomic E-state index is 0.178. The Morgan fingerprint density at radius 1 is 1.44 bits per heavy atom. The van der Waals surface area contributed by atoms with E-state index in [4.69, 9.17) is 9.15 Å². The van der Waals surface area contributed by atoms with Crippen LogP contribution in [-0.4, -0.2) is 24.2 Å². The van der Waals surface area contributed by atoms with Gasteiger partial charge in [-0.1, -0.05) is 0 Å². The largest absolute Gasteiger partial charge is 0.444 e. The number of rotatable bonds is 3. The van der Waals surface area contributed by atoms with Gasteiger partial charge in [0.05, 0.1) is 12.2 Å². The maximum atomic E-state index is 5.51. The number of hydrogen-bond acceptors (Lipinski definition) is 4. The molecule has 2 heterocycles. The Kier molecular flexibility index (Phi) is 3.96. The number of hydrogen-bond donors (Lipinski definition) is 1. The minimum Gasteiger partial charge on any atom is -0.444 e. The predicted molar refractivity (Wildman–Crippen MR) is 61.2 cm³/mol. The maximum Gasteiger partial charge on any atom is 0.211 e. The quantitative estimate of drug-likeness (QED) is 0.855. The summed E-state index contributed by atoms with van der Waals surface area (Å²) in [6.45, 7) is 5.76. The molecule has 4 nitrogen and oxygen atoms in total. The van der Waals surface area contributed by atoms with Gasteiger partial charge in [0.25, 0.3) is 0 Å². The van der Waals surface area contributed by atoms with Crippen LogP contribution in [0.15, 0.2) is 10.6 Å². The van der Waals surface area contributed by atoms with E-state index in [1.165, 1.54) is 6.42 Å². The highest BCUT2D eigenvalue weighted by molar-refractivity contribution is 4.95. The highest BCUT2D eigenvalue weighted by Crippen LogP contribution is 2.16. The smallest absolute Gasteiger partial charge is 0.211 e.